The number of hydrogen-bond acceptors (Lipinski definition) is 1. The number of para-hydroxylation sites is 4. The summed E-state index contributed by atoms with van der Waals surface area (Å²) in [6, 6.07) is 74.3. The highest BCUT2D eigenvalue weighted by molar-refractivity contribution is 6.17. The minimum absolute atomic E-state index is 0.887. The zero-order chi connectivity index (χ0) is 37.5. The van der Waals surface area contributed by atoms with Crippen molar-refractivity contribution in [2.24, 2.45) is 0 Å². The van der Waals surface area contributed by atoms with Gasteiger partial charge < -0.3 is 13.6 Å². The van der Waals surface area contributed by atoms with E-state index < -0.39 is 0 Å². The maximum atomic E-state index is 6.78. The molecule has 0 N–H and O–H groups in total. The minimum Gasteiger partial charge on any atom is -0.454 e. The molecule has 0 atom stereocenters. The van der Waals surface area contributed by atoms with Crippen LogP contribution in [0.3, 0.4) is 0 Å². The Morgan fingerprint density at radius 1 is 0.298 bits per heavy atom. The maximum absolute atomic E-state index is 6.78. The molecule has 3 heteroatoms. The van der Waals surface area contributed by atoms with Crippen LogP contribution in [-0.2, 0) is 0 Å². The molecule has 266 valence electrons. The van der Waals surface area contributed by atoms with Gasteiger partial charge in [-0.05, 0) is 82.4 Å². The molecule has 0 spiro atoms. The normalized spacial score (nSPS) is 11.9. The summed E-state index contributed by atoms with van der Waals surface area (Å²) < 4.78 is 11.6. The molecule has 0 saturated carbocycles. The molecule has 12 rings (SSSR count). The first kappa shape index (κ1) is 31.7. The zero-order valence-electron chi connectivity index (χ0n) is 30.9. The van der Waals surface area contributed by atoms with Crippen LogP contribution < -0.4 is 0 Å². The van der Waals surface area contributed by atoms with E-state index in [-0.39, 0.29) is 0 Å². The molecule has 0 amide bonds. The molecule has 3 heterocycles. The summed E-state index contributed by atoms with van der Waals surface area (Å²) in [7, 11) is 0. The molecule has 9 aromatic carbocycles. The van der Waals surface area contributed by atoms with Gasteiger partial charge in [0.1, 0.15) is 5.58 Å². The number of fused-ring (bicyclic) bond motifs is 9. The SMILES string of the molecule is c1ccc(-c2ccccc2-n2c3ccccc3c3cc(-c4ccc5c(c4)c4ccccc4n5-c4cccc5c4oc4cccc(-c6ccccc6)c45)ccc32)cc1. The Morgan fingerprint density at radius 2 is 0.772 bits per heavy atom. The second-order valence-electron chi connectivity index (χ2n) is 14.9. The summed E-state index contributed by atoms with van der Waals surface area (Å²) in [6.07, 6.45) is 0. The maximum Gasteiger partial charge on any atom is 0.159 e. The molecule has 12 aromatic rings. The van der Waals surface area contributed by atoms with E-state index in [2.05, 4.69) is 215 Å². The predicted molar refractivity (Wildman–Crippen MR) is 239 cm³/mol. The van der Waals surface area contributed by atoms with Gasteiger partial charge in [-0.3, -0.25) is 0 Å². The first-order valence-corrected chi connectivity index (χ1v) is 19.5. The quantitative estimate of drug-likeness (QED) is 0.173. The van der Waals surface area contributed by atoms with Crippen molar-refractivity contribution in [1.29, 1.82) is 0 Å². The molecule has 3 nitrogen and oxygen atoms in total. The van der Waals surface area contributed by atoms with E-state index in [0.717, 1.165) is 38.7 Å². The molecule has 3 aromatic heterocycles. The van der Waals surface area contributed by atoms with Crippen molar-refractivity contribution < 1.29 is 4.42 Å². The van der Waals surface area contributed by atoms with E-state index in [1.54, 1.807) is 0 Å². The average Bonchev–Trinajstić information content (AvgIpc) is 3.94. The number of hydrogen-bond donors (Lipinski definition) is 0. The van der Waals surface area contributed by atoms with Gasteiger partial charge in [0.05, 0.1) is 33.4 Å². The van der Waals surface area contributed by atoms with E-state index in [9.17, 15) is 0 Å². The van der Waals surface area contributed by atoms with Crippen LogP contribution in [0.25, 0.3) is 110 Å². The fraction of sp³-hybridized carbons (Fsp3) is 0. The Kier molecular flexibility index (Phi) is 6.93. The Hall–Kier alpha value is -7.62. The number of furan rings is 1. The van der Waals surface area contributed by atoms with Crippen molar-refractivity contribution in [2.45, 2.75) is 0 Å². The lowest BCUT2D eigenvalue weighted by molar-refractivity contribution is 0.666. The fourth-order valence-corrected chi connectivity index (χ4v) is 9.22. The summed E-state index contributed by atoms with van der Waals surface area (Å²) in [5.41, 5.74) is 15.8. The number of nitrogens with zero attached hydrogens (tertiary/aromatic N) is 2. The van der Waals surface area contributed by atoms with E-state index >= 15 is 0 Å². The van der Waals surface area contributed by atoms with Crippen LogP contribution >= 0.6 is 0 Å². The molecule has 0 radical (unpaired) electrons. The molecule has 0 fully saturated rings. The molecule has 0 aliphatic rings. The third kappa shape index (κ3) is 4.79. The zero-order valence-corrected chi connectivity index (χ0v) is 30.9. The molecular weight excluding hydrogens is 693 g/mol. The van der Waals surface area contributed by atoms with Gasteiger partial charge >= 0.3 is 0 Å². The third-order valence-electron chi connectivity index (χ3n) is 11.7. The lowest BCUT2D eigenvalue weighted by Gasteiger charge is -2.14. The van der Waals surface area contributed by atoms with Crippen LogP contribution in [-0.4, -0.2) is 9.13 Å². The lowest BCUT2D eigenvalue weighted by atomic mass is 9.99. The van der Waals surface area contributed by atoms with E-state index in [1.165, 1.54) is 71.6 Å². The summed E-state index contributed by atoms with van der Waals surface area (Å²) in [6.45, 7) is 0. The first-order chi connectivity index (χ1) is 28.3. The summed E-state index contributed by atoms with van der Waals surface area (Å²) in [4.78, 5) is 0. The van der Waals surface area contributed by atoms with Gasteiger partial charge in [0, 0.05) is 37.9 Å². The highest BCUT2D eigenvalue weighted by Gasteiger charge is 2.21. The molecule has 0 aliphatic heterocycles. The second-order valence-corrected chi connectivity index (χ2v) is 14.9. The van der Waals surface area contributed by atoms with Crippen LogP contribution in [0.5, 0.6) is 0 Å². The smallest absolute Gasteiger partial charge is 0.159 e. The Labute approximate surface area is 328 Å². The Morgan fingerprint density at radius 3 is 1.44 bits per heavy atom. The van der Waals surface area contributed by atoms with Crippen LogP contribution in [0.2, 0.25) is 0 Å². The standard InChI is InChI=1S/C54H34N2O/c1-3-15-35(16-4-1)39-19-7-10-24-46(39)55-47-25-11-8-20-41(47)44-33-37(29-31-49(44)55)38-30-32-50-45(34-38)42-21-9-12-26-48(42)56(50)51-27-13-23-43-53-40(36-17-5-2-6-18-36)22-14-28-52(53)57-54(43)51/h1-34H. The van der Waals surface area contributed by atoms with Crippen molar-refractivity contribution in [3.63, 3.8) is 0 Å². The van der Waals surface area contributed by atoms with Gasteiger partial charge in [-0.25, -0.2) is 0 Å². The molecule has 0 unspecified atom stereocenters. The minimum atomic E-state index is 0.887. The Bertz CT molecular complexity index is 3510. The van der Waals surface area contributed by atoms with Crippen molar-refractivity contribution in [3.05, 3.63) is 206 Å². The van der Waals surface area contributed by atoms with Crippen molar-refractivity contribution in [2.75, 3.05) is 0 Å². The van der Waals surface area contributed by atoms with Gasteiger partial charge in [0.2, 0.25) is 0 Å². The van der Waals surface area contributed by atoms with Gasteiger partial charge in [-0.1, -0.05) is 152 Å². The number of aromatic nitrogens is 2. The van der Waals surface area contributed by atoms with E-state index in [0.29, 0.717) is 0 Å². The van der Waals surface area contributed by atoms with E-state index in [4.69, 9.17) is 4.42 Å². The molecular formula is C54H34N2O. The van der Waals surface area contributed by atoms with Crippen LogP contribution in [0, 0.1) is 0 Å². The highest BCUT2D eigenvalue weighted by atomic mass is 16.3. The van der Waals surface area contributed by atoms with Gasteiger partial charge in [0.15, 0.2) is 5.58 Å². The number of benzene rings is 9. The van der Waals surface area contributed by atoms with Crippen molar-refractivity contribution in [3.8, 4) is 44.8 Å². The predicted octanol–water partition coefficient (Wildman–Crippen LogP) is 14.8. The largest absolute Gasteiger partial charge is 0.454 e. The van der Waals surface area contributed by atoms with Crippen molar-refractivity contribution >= 4 is 65.6 Å². The molecule has 57 heavy (non-hydrogen) atoms. The van der Waals surface area contributed by atoms with Gasteiger partial charge in [-0.2, -0.15) is 0 Å². The Balaban J connectivity index is 1.04. The van der Waals surface area contributed by atoms with Crippen molar-refractivity contribution in [1.82, 2.24) is 9.13 Å². The fourth-order valence-electron chi connectivity index (χ4n) is 9.22. The second kappa shape index (κ2) is 12.5. The topological polar surface area (TPSA) is 23.0 Å². The van der Waals surface area contributed by atoms with Crippen LogP contribution in [0.1, 0.15) is 0 Å². The summed E-state index contributed by atoms with van der Waals surface area (Å²) in [5, 5.41) is 7.15. The molecule has 0 aliphatic carbocycles. The lowest BCUT2D eigenvalue weighted by Crippen LogP contribution is -1.97. The molecule has 0 bridgehead atoms. The average molecular weight is 727 g/mol. The van der Waals surface area contributed by atoms with Crippen LogP contribution in [0.15, 0.2) is 211 Å². The monoisotopic (exact) mass is 726 g/mol. The highest BCUT2D eigenvalue weighted by Crippen LogP contribution is 2.43. The summed E-state index contributed by atoms with van der Waals surface area (Å²) >= 11 is 0. The summed E-state index contributed by atoms with van der Waals surface area (Å²) in [5.74, 6) is 0. The van der Waals surface area contributed by atoms with Crippen LogP contribution in [0.4, 0.5) is 0 Å². The van der Waals surface area contributed by atoms with E-state index in [1.807, 2.05) is 0 Å². The number of rotatable bonds is 5. The van der Waals surface area contributed by atoms with Gasteiger partial charge in [-0.15, -0.1) is 0 Å². The first-order valence-electron chi connectivity index (χ1n) is 19.5. The molecule has 0 saturated heterocycles. The third-order valence-corrected chi connectivity index (χ3v) is 11.7. The van der Waals surface area contributed by atoms with Gasteiger partial charge in [0.25, 0.3) is 0 Å².